The number of nitro groups is 1. The molecule has 0 aliphatic carbocycles. The number of hydrogen-bond donors (Lipinski definition) is 1. The number of rotatable bonds is 4. The average Bonchev–Trinajstić information content (AvgIpc) is 2.69. The molecule has 1 fully saturated rings. The van der Waals surface area contributed by atoms with Gasteiger partial charge in [0.05, 0.1) is 22.1 Å². The maximum Gasteiger partial charge on any atom is 0.275 e. The van der Waals surface area contributed by atoms with Crippen LogP contribution in [0, 0.1) is 35.3 Å². The van der Waals surface area contributed by atoms with Crippen molar-refractivity contribution in [3.63, 3.8) is 0 Å². The lowest BCUT2D eigenvalue weighted by molar-refractivity contribution is -0.385. The minimum Gasteiger partial charge on any atom is -0.371 e. The summed E-state index contributed by atoms with van der Waals surface area (Å²) in [4.78, 5) is 25.4. The fraction of sp³-hybridized carbons (Fsp3) is 0.333. The minimum absolute atomic E-state index is 0.0379. The molecule has 1 heterocycles. The number of benzene rings is 2. The van der Waals surface area contributed by atoms with Gasteiger partial charge in [-0.25, -0.2) is 0 Å². The Balaban J connectivity index is 1.70. The van der Waals surface area contributed by atoms with Crippen LogP contribution in [0.15, 0.2) is 36.4 Å². The number of aryl methyl sites for hydroxylation is 1. The van der Waals surface area contributed by atoms with Gasteiger partial charge in [-0.15, -0.1) is 0 Å². The summed E-state index contributed by atoms with van der Waals surface area (Å²) in [6.45, 7) is 4.94. The highest BCUT2D eigenvalue weighted by atomic mass is 16.6. The Morgan fingerprint density at radius 1 is 1.25 bits per heavy atom. The highest BCUT2D eigenvalue weighted by Crippen LogP contribution is 2.32. The van der Waals surface area contributed by atoms with E-state index < -0.39 is 4.92 Å². The summed E-state index contributed by atoms with van der Waals surface area (Å²) < 4.78 is 0. The van der Waals surface area contributed by atoms with Gasteiger partial charge in [0.25, 0.3) is 11.6 Å². The van der Waals surface area contributed by atoms with Crippen LogP contribution in [-0.2, 0) is 0 Å². The third-order valence-corrected chi connectivity index (χ3v) is 5.24. The summed E-state index contributed by atoms with van der Waals surface area (Å²) >= 11 is 0. The number of nitrogens with zero attached hydrogens (tertiary/aromatic N) is 3. The predicted molar refractivity (Wildman–Crippen MR) is 106 cm³/mol. The van der Waals surface area contributed by atoms with Crippen molar-refractivity contribution in [1.29, 1.82) is 5.26 Å². The molecule has 1 aliphatic rings. The maximum absolute atomic E-state index is 12.5. The molecule has 3 rings (SSSR count). The van der Waals surface area contributed by atoms with Crippen molar-refractivity contribution in [2.75, 3.05) is 18.0 Å². The van der Waals surface area contributed by atoms with E-state index in [1.165, 1.54) is 6.07 Å². The molecule has 0 aromatic heterocycles. The van der Waals surface area contributed by atoms with Gasteiger partial charge >= 0.3 is 0 Å². The number of nitrogens with one attached hydrogen (secondary N) is 1. The van der Waals surface area contributed by atoms with Crippen molar-refractivity contribution in [3.05, 3.63) is 68.8 Å². The summed E-state index contributed by atoms with van der Waals surface area (Å²) in [5.74, 6) is -0.0742. The van der Waals surface area contributed by atoms with Crippen LogP contribution in [0.5, 0.6) is 0 Å². The highest BCUT2D eigenvalue weighted by Gasteiger charge is 2.25. The van der Waals surface area contributed by atoms with Crippen molar-refractivity contribution in [2.24, 2.45) is 0 Å². The fourth-order valence-corrected chi connectivity index (χ4v) is 3.62. The summed E-state index contributed by atoms with van der Waals surface area (Å²) in [5, 5.41) is 23.6. The Morgan fingerprint density at radius 3 is 2.54 bits per heavy atom. The summed E-state index contributed by atoms with van der Waals surface area (Å²) in [5.41, 5.74) is 3.14. The highest BCUT2D eigenvalue weighted by molar-refractivity contribution is 5.95. The molecule has 1 aliphatic heterocycles. The molecular formula is C21H22N4O3. The fourth-order valence-electron chi connectivity index (χ4n) is 3.62. The van der Waals surface area contributed by atoms with Gasteiger partial charge in [-0.05, 0) is 44.4 Å². The Morgan fingerprint density at radius 2 is 1.93 bits per heavy atom. The first-order valence-corrected chi connectivity index (χ1v) is 9.21. The first-order chi connectivity index (χ1) is 13.4. The van der Waals surface area contributed by atoms with E-state index in [4.69, 9.17) is 0 Å². The zero-order valence-electron chi connectivity index (χ0n) is 15.9. The molecule has 0 atom stereocenters. The predicted octanol–water partition coefficient (Wildman–Crippen LogP) is 3.48. The molecule has 0 spiro atoms. The molecule has 0 radical (unpaired) electrons. The molecule has 2 aromatic carbocycles. The number of anilines is 1. The van der Waals surface area contributed by atoms with Gasteiger partial charge in [0, 0.05) is 36.4 Å². The van der Waals surface area contributed by atoms with E-state index in [-0.39, 0.29) is 23.2 Å². The quantitative estimate of drug-likeness (QED) is 0.648. The normalized spacial score (nSPS) is 14.4. The molecule has 28 heavy (non-hydrogen) atoms. The van der Waals surface area contributed by atoms with E-state index in [0.29, 0.717) is 24.2 Å². The van der Waals surface area contributed by atoms with Crippen LogP contribution in [-0.4, -0.2) is 30.0 Å². The van der Waals surface area contributed by atoms with E-state index in [9.17, 15) is 20.2 Å². The Kier molecular flexibility index (Phi) is 5.59. The zero-order valence-corrected chi connectivity index (χ0v) is 15.9. The van der Waals surface area contributed by atoms with Crippen LogP contribution in [0.25, 0.3) is 0 Å². The van der Waals surface area contributed by atoms with Crippen molar-refractivity contribution in [3.8, 4) is 6.07 Å². The second kappa shape index (κ2) is 8.09. The van der Waals surface area contributed by atoms with Crippen LogP contribution in [0.1, 0.15) is 39.9 Å². The van der Waals surface area contributed by atoms with Crippen LogP contribution in [0.3, 0.4) is 0 Å². The largest absolute Gasteiger partial charge is 0.371 e. The molecule has 2 aromatic rings. The Labute approximate surface area is 163 Å². The molecule has 0 bridgehead atoms. The number of nitro benzene ring substituents is 1. The minimum atomic E-state index is -0.450. The number of piperidine rings is 1. The van der Waals surface area contributed by atoms with Crippen LogP contribution in [0.2, 0.25) is 0 Å². The summed E-state index contributed by atoms with van der Waals surface area (Å²) in [7, 11) is 0. The monoisotopic (exact) mass is 378 g/mol. The summed E-state index contributed by atoms with van der Waals surface area (Å²) in [6.07, 6.45) is 1.48. The van der Waals surface area contributed by atoms with Gasteiger partial charge < -0.3 is 10.2 Å². The van der Waals surface area contributed by atoms with Crippen molar-refractivity contribution < 1.29 is 9.72 Å². The zero-order chi connectivity index (χ0) is 20.3. The average molecular weight is 378 g/mol. The third kappa shape index (κ3) is 3.96. The Bertz CT molecular complexity index is 957. The molecule has 7 heteroatoms. The topological polar surface area (TPSA) is 99.3 Å². The molecule has 7 nitrogen and oxygen atoms in total. The van der Waals surface area contributed by atoms with Gasteiger partial charge in [-0.3, -0.25) is 14.9 Å². The molecule has 144 valence electrons. The molecule has 0 unspecified atom stereocenters. The lowest BCUT2D eigenvalue weighted by Crippen LogP contribution is -2.45. The van der Waals surface area contributed by atoms with E-state index in [2.05, 4.69) is 10.2 Å². The summed E-state index contributed by atoms with van der Waals surface area (Å²) in [6, 6.07) is 12.6. The van der Waals surface area contributed by atoms with Crippen molar-refractivity contribution >= 4 is 17.3 Å². The number of carbonyl (C=O) groups is 1. The first kappa shape index (κ1) is 19.4. The van der Waals surface area contributed by atoms with Gasteiger partial charge in [0.1, 0.15) is 0 Å². The van der Waals surface area contributed by atoms with Crippen LogP contribution in [0.4, 0.5) is 11.4 Å². The lowest BCUT2D eigenvalue weighted by atomic mass is 10.0. The molecule has 1 saturated heterocycles. The smallest absolute Gasteiger partial charge is 0.275 e. The van der Waals surface area contributed by atoms with Gasteiger partial charge in [-0.2, -0.15) is 5.26 Å². The molecule has 0 saturated carbocycles. The third-order valence-electron chi connectivity index (χ3n) is 5.24. The molecule has 1 N–H and O–H groups in total. The lowest BCUT2D eigenvalue weighted by Gasteiger charge is -2.34. The van der Waals surface area contributed by atoms with E-state index in [1.807, 2.05) is 37.3 Å². The van der Waals surface area contributed by atoms with Gasteiger partial charge in [0.15, 0.2) is 0 Å². The number of hydrogen-bond acceptors (Lipinski definition) is 5. The van der Waals surface area contributed by atoms with E-state index >= 15 is 0 Å². The van der Waals surface area contributed by atoms with Crippen molar-refractivity contribution in [2.45, 2.75) is 32.7 Å². The number of carbonyl (C=O) groups excluding carboxylic acids is 1. The van der Waals surface area contributed by atoms with Crippen molar-refractivity contribution in [1.82, 2.24) is 5.32 Å². The second-order valence-corrected chi connectivity index (χ2v) is 7.06. The second-order valence-electron chi connectivity index (χ2n) is 7.06. The van der Waals surface area contributed by atoms with Gasteiger partial charge in [0.2, 0.25) is 0 Å². The SMILES string of the molecule is Cc1ccccc1C(=O)NC1CCN(c2cc(C#N)cc([N+](=O)[O-])c2C)CC1. The standard InChI is InChI=1S/C21H22N4O3/c1-14-5-3-4-6-18(14)21(26)23-17-7-9-24(10-8-17)19-11-16(13-22)12-20(15(19)2)25(27)28/h3-6,11-12,17H,7-10H2,1-2H3,(H,23,26). The van der Waals surface area contributed by atoms with Crippen LogP contribution >= 0.6 is 0 Å². The van der Waals surface area contributed by atoms with Gasteiger partial charge in [-0.1, -0.05) is 18.2 Å². The first-order valence-electron chi connectivity index (χ1n) is 9.21. The number of nitriles is 1. The van der Waals surface area contributed by atoms with Crippen LogP contribution < -0.4 is 10.2 Å². The van der Waals surface area contributed by atoms with E-state index in [1.54, 1.807) is 13.0 Å². The molecular weight excluding hydrogens is 356 g/mol. The number of amides is 1. The Hall–Kier alpha value is -3.40. The maximum atomic E-state index is 12.5. The molecule has 1 amide bonds. The van der Waals surface area contributed by atoms with E-state index in [0.717, 1.165) is 24.1 Å².